The van der Waals surface area contributed by atoms with E-state index in [0.29, 0.717) is 0 Å². The Balaban J connectivity index is 1.95. The van der Waals surface area contributed by atoms with Crippen molar-refractivity contribution in [1.29, 1.82) is 0 Å². The van der Waals surface area contributed by atoms with Gasteiger partial charge in [0.1, 0.15) is 55.3 Å². The minimum absolute atomic E-state index is 0.588. The first kappa shape index (κ1) is 57.9. The fraction of sp³-hybridized carbons (Fsp3) is 0.829. The molecular formula is C35H44F2N18O18. The molecule has 1 aliphatic carbocycles. The zero-order valence-electron chi connectivity index (χ0n) is 38.9. The van der Waals surface area contributed by atoms with Crippen molar-refractivity contribution < 1.29 is 94.4 Å². The van der Waals surface area contributed by atoms with E-state index in [0.717, 1.165) is 41.5 Å². The van der Waals surface area contributed by atoms with Gasteiger partial charge in [0, 0.05) is 71.0 Å². The van der Waals surface area contributed by atoms with Crippen molar-refractivity contribution in [3.63, 3.8) is 0 Å². The van der Waals surface area contributed by atoms with E-state index < -0.39 is 178 Å². The highest BCUT2D eigenvalue weighted by molar-refractivity contribution is 5.68. The highest BCUT2D eigenvalue weighted by Gasteiger charge is 2.63. The lowest BCUT2D eigenvalue weighted by Crippen LogP contribution is -2.66. The van der Waals surface area contributed by atoms with Gasteiger partial charge in [-0.3, -0.25) is 28.8 Å². The first-order valence-electron chi connectivity index (χ1n) is 21.1. The number of hydrogen-bond acceptors (Lipinski definition) is 24. The van der Waals surface area contributed by atoms with Gasteiger partial charge in [-0.2, -0.15) is 8.78 Å². The van der Waals surface area contributed by atoms with Crippen LogP contribution in [0.1, 0.15) is 48.0 Å². The van der Waals surface area contributed by atoms with E-state index >= 15 is 8.78 Å². The third-order valence-electron chi connectivity index (χ3n) is 10.7. The Morgan fingerprint density at radius 3 is 1.51 bits per heavy atom. The Kier molecular flexibility index (Phi) is 21.1. The minimum Gasteiger partial charge on any atom is -0.463 e. The molecule has 396 valence electrons. The normalized spacial score (nSPS) is 34.0. The number of carbonyl (C=O) groups is 6. The first-order chi connectivity index (χ1) is 34.6. The average molecular weight is 1040 g/mol. The Morgan fingerprint density at radius 1 is 0.493 bits per heavy atom. The molecule has 0 radical (unpaired) electrons. The lowest BCUT2D eigenvalue weighted by molar-refractivity contribution is -0.334. The molecule has 4 aliphatic rings. The molecule has 3 aliphatic heterocycles. The molecule has 38 heteroatoms. The third-order valence-corrected chi connectivity index (χ3v) is 10.7. The number of alkyl halides is 2. The van der Waals surface area contributed by atoms with E-state index in [9.17, 15) is 50.9 Å². The van der Waals surface area contributed by atoms with E-state index in [1.807, 2.05) is 0 Å². The number of carbonyl (C=O) groups excluding carboxylic acids is 6. The lowest BCUT2D eigenvalue weighted by atomic mass is 9.83. The monoisotopic (exact) mass is 1040 g/mol. The maximum Gasteiger partial charge on any atom is 0.310 e. The molecule has 0 amide bonds. The Bertz CT molecular complexity index is 2380. The molecule has 18 atom stereocenters. The number of esters is 6. The Hall–Kier alpha value is -7.70. The highest BCUT2D eigenvalue weighted by atomic mass is 19.3. The van der Waals surface area contributed by atoms with Crippen molar-refractivity contribution in [2.45, 2.75) is 164 Å². The predicted octanol–water partition coefficient (Wildman–Crippen LogP) is 3.91. The SMILES string of the molecule is CC(=O)OC[C@H]1O[C@@H](O[C@H]2[C@H](O[C@H]3O[C@H](CN=[N+]=[N-])C(F)(F)[C@H](OC(C)=O)C3N=[N+]=[N-])C(N=[N+]=[N-])CC(N=[N+]=[N-])[C@@H]2OC(C)=O)[C@H](OC(C)=O)C1OC1O[C@@H](CN=[N+]=[N-])[C@@H](OC(C)=O)[C@H](OC(C)=O)C1N=[N+]=[N-]. The van der Waals surface area contributed by atoms with Gasteiger partial charge in [0.2, 0.25) is 0 Å². The molecule has 4 rings (SSSR count). The Labute approximate surface area is 407 Å². The van der Waals surface area contributed by atoms with Gasteiger partial charge in [0.25, 0.3) is 0 Å². The van der Waals surface area contributed by atoms with Crippen molar-refractivity contribution in [3.8, 4) is 0 Å². The van der Waals surface area contributed by atoms with Gasteiger partial charge in [-0.15, -0.1) is 0 Å². The summed E-state index contributed by atoms with van der Waals surface area (Å²) in [6.07, 6.45) is -28.6. The molecule has 4 fully saturated rings. The van der Waals surface area contributed by atoms with Crippen molar-refractivity contribution in [2.24, 2.45) is 30.7 Å². The number of halogens is 2. The summed E-state index contributed by atoms with van der Waals surface area (Å²) in [5, 5.41) is 20.9. The molecule has 1 saturated carbocycles. The molecule has 0 aromatic heterocycles. The van der Waals surface area contributed by atoms with Crippen LogP contribution in [0.25, 0.3) is 62.7 Å². The highest BCUT2D eigenvalue weighted by Crippen LogP contribution is 2.43. The molecule has 0 N–H and O–H groups in total. The minimum atomic E-state index is -4.28. The molecule has 3 heterocycles. The molecule has 0 bridgehead atoms. The van der Waals surface area contributed by atoms with Gasteiger partial charge in [0.15, 0.2) is 43.3 Å². The number of ether oxygens (including phenoxy) is 12. The first-order valence-corrected chi connectivity index (χ1v) is 21.1. The summed E-state index contributed by atoms with van der Waals surface area (Å²) in [5.74, 6) is -10.7. The van der Waals surface area contributed by atoms with Crippen LogP contribution in [0.15, 0.2) is 30.7 Å². The molecule has 0 aromatic rings. The van der Waals surface area contributed by atoms with Crippen molar-refractivity contribution >= 4 is 35.8 Å². The summed E-state index contributed by atoms with van der Waals surface area (Å²) in [6.45, 7) is 2.83. The van der Waals surface area contributed by atoms with Gasteiger partial charge >= 0.3 is 41.7 Å². The molecular weight excluding hydrogens is 998 g/mol. The molecule has 73 heavy (non-hydrogen) atoms. The zero-order chi connectivity index (χ0) is 54.2. The van der Waals surface area contributed by atoms with Gasteiger partial charge in [-0.1, -0.05) is 30.7 Å². The van der Waals surface area contributed by atoms with Crippen LogP contribution in [-0.2, 0) is 85.6 Å². The number of azide groups is 6. The molecule has 3 saturated heterocycles. The Morgan fingerprint density at radius 2 is 0.959 bits per heavy atom. The van der Waals surface area contributed by atoms with Crippen LogP contribution in [0.3, 0.4) is 0 Å². The standard InChI is InChI=1S/C35H44F2N18O18/c1-11(56)62-10-20-27(72-32-22(48-54-42)28(65-14(4)59)26(64-13(3)58)19(68-32)8-44-50-38)30(66-15(5)60)34(69-20)73-29-24(63-12(2)57)17(46-52-40)7-18(47-53-41)25(29)71-33-23(49-55-43)31(67-16(6)61)35(36,37)21(70-33)9-45-51-39/h17-34H,7-10H2,1-6H3/t17?,18?,19-,20+,21+,22?,23?,24-,25+,26+,27?,28+,29+,30+,31+,32?,33+,34-/m0/s1. The number of hydrogen-bond donors (Lipinski definition) is 0. The second-order valence-electron chi connectivity index (χ2n) is 15.7. The smallest absolute Gasteiger partial charge is 0.310 e. The van der Waals surface area contributed by atoms with Gasteiger partial charge in [0.05, 0.1) is 31.3 Å². The fourth-order valence-corrected chi connectivity index (χ4v) is 8.13. The summed E-state index contributed by atoms with van der Waals surface area (Å²) in [7, 11) is 0. The summed E-state index contributed by atoms with van der Waals surface area (Å²) < 4.78 is 101. The summed E-state index contributed by atoms with van der Waals surface area (Å²) in [4.78, 5) is 90.9. The number of rotatable bonds is 21. The van der Waals surface area contributed by atoms with Gasteiger partial charge < -0.3 is 56.8 Å². The van der Waals surface area contributed by atoms with E-state index in [1.54, 1.807) is 0 Å². The third kappa shape index (κ3) is 14.9. The largest absolute Gasteiger partial charge is 0.463 e. The molecule has 0 aromatic carbocycles. The zero-order valence-corrected chi connectivity index (χ0v) is 38.9. The van der Waals surface area contributed by atoms with Crippen LogP contribution >= 0.6 is 0 Å². The van der Waals surface area contributed by atoms with Gasteiger partial charge in [-0.05, 0) is 39.6 Å². The van der Waals surface area contributed by atoms with Crippen LogP contribution in [-0.4, -0.2) is 172 Å². The quantitative estimate of drug-likeness (QED) is 0.0517. The maximum absolute atomic E-state index is 16.0. The maximum atomic E-state index is 16.0. The summed E-state index contributed by atoms with van der Waals surface area (Å²) in [6, 6.07) is -7.41. The topological polar surface area (TPSA) is 506 Å². The van der Waals surface area contributed by atoms with Crippen LogP contribution in [0.5, 0.6) is 0 Å². The van der Waals surface area contributed by atoms with Crippen LogP contribution < -0.4 is 0 Å². The number of nitrogens with zero attached hydrogens (tertiary/aromatic N) is 18. The lowest BCUT2D eigenvalue weighted by Gasteiger charge is -2.48. The van der Waals surface area contributed by atoms with Crippen molar-refractivity contribution in [3.05, 3.63) is 62.7 Å². The second kappa shape index (κ2) is 26.7. The van der Waals surface area contributed by atoms with Crippen LogP contribution in [0, 0.1) is 0 Å². The molecule has 6 unspecified atom stereocenters. The average Bonchev–Trinajstić information content (AvgIpc) is 3.61. The summed E-state index contributed by atoms with van der Waals surface area (Å²) >= 11 is 0. The van der Waals surface area contributed by atoms with Crippen LogP contribution in [0.4, 0.5) is 8.78 Å². The molecule has 36 nitrogen and oxygen atoms in total. The van der Waals surface area contributed by atoms with E-state index in [-0.39, 0.29) is 0 Å². The fourth-order valence-electron chi connectivity index (χ4n) is 8.13. The van der Waals surface area contributed by atoms with Crippen molar-refractivity contribution in [1.82, 2.24) is 0 Å². The van der Waals surface area contributed by atoms with E-state index in [4.69, 9.17) is 67.9 Å². The van der Waals surface area contributed by atoms with Crippen molar-refractivity contribution in [2.75, 3.05) is 19.7 Å². The molecule has 0 spiro atoms. The van der Waals surface area contributed by atoms with Crippen LogP contribution in [0.2, 0.25) is 0 Å². The van der Waals surface area contributed by atoms with Gasteiger partial charge in [-0.25, -0.2) is 0 Å². The second-order valence-corrected chi connectivity index (χ2v) is 15.7. The van der Waals surface area contributed by atoms with E-state index in [2.05, 4.69) is 60.2 Å². The predicted molar refractivity (Wildman–Crippen MR) is 224 cm³/mol. The van der Waals surface area contributed by atoms with E-state index in [1.165, 1.54) is 0 Å². The summed E-state index contributed by atoms with van der Waals surface area (Å²) in [5.41, 5.74) is 56.8.